The zero-order valence-electron chi connectivity index (χ0n) is 7.13. The van der Waals surface area contributed by atoms with E-state index in [2.05, 4.69) is 10.2 Å². The van der Waals surface area contributed by atoms with E-state index in [1.54, 1.807) is 0 Å². The van der Waals surface area contributed by atoms with Gasteiger partial charge in [-0.25, -0.2) is 0 Å². The summed E-state index contributed by atoms with van der Waals surface area (Å²) in [6, 6.07) is 2.98. The Morgan fingerprint density at radius 2 is 1.21 bits per heavy atom. The largest absolute Gasteiger partial charge is 0.398 e. The summed E-state index contributed by atoms with van der Waals surface area (Å²) in [4.78, 5) is 22.7. The lowest BCUT2D eigenvalue weighted by atomic mass is 10.1. The molecule has 0 spiro atoms. The van der Waals surface area contributed by atoms with Crippen molar-refractivity contribution < 1.29 is 0 Å². The molecule has 6 nitrogen and oxygen atoms in total. The Morgan fingerprint density at radius 3 is 1.57 bits per heavy atom. The van der Waals surface area contributed by atoms with Crippen LogP contribution in [-0.2, 0) is 0 Å². The lowest BCUT2D eigenvalue weighted by molar-refractivity contribution is 0.977. The number of fused-ring (bicyclic) bond motifs is 1. The highest BCUT2D eigenvalue weighted by Gasteiger charge is 2.08. The maximum Gasteiger partial charge on any atom is 0.272 e. The number of nitrogens with one attached hydrogen (secondary N) is 2. The van der Waals surface area contributed by atoms with Crippen molar-refractivity contribution in [1.82, 2.24) is 10.2 Å². The number of nitrogens with two attached hydrogens (primary N) is 2. The van der Waals surface area contributed by atoms with E-state index < -0.39 is 11.1 Å². The second-order valence-corrected chi connectivity index (χ2v) is 2.90. The van der Waals surface area contributed by atoms with E-state index in [1.807, 2.05) is 0 Å². The Kier molecular flexibility index (Phi) is 1.57. The average Bonchev–Trinajstić information content (AvgIpc) is 2.16. The first-order valence-corrected chi connectivity index (χ1v) is 3.90. The van der Waals surface area contributed by atoms with Crippen LogP contribution in [0.4, 0.5) is 11.4 Å². The lowest BCUT2D eigenvalue weighted by Crippen LogP contribution is -2.21. The van der Waals surface area contributed by atoms with Crippen molar-refractivity contribution in [3.8, 4) is 0 Å². The second kappa shape index (κ2) is 2.63. The first-order valence-electron chi connectivity index (χ1n) is 3.90. The third-order valence-corrected chi connectivity index (χ3v) is 2.01. The van der Waals surface area contributed by atoms with Gasteiger partial charge in [-0.05, 0) is 12.1 Å². The van der Waals surface area contributed by atoms with E-state index in [0.717, 1.165) is 0 Å². The van der Waals surface area contributed by atoms with Crippen LogP contribution < -0.4 is 22.6 Å². The van der Waals surface area contributed by atoms with Crippen molar-refractivity contribution in [2.45, 2.75) is 0 Å². The predicted molar refractivity (Wildman–Crippen MR) is 54.0 cm³/mol. The molecule has 0 atom stereocenters. The van der Waals surface area contributed by atoms with Gasteiger partial charge < -0.3 is 11.5 Å². The smallest absolute Gasteiger partial charge is 0.272 e. The fourth-order valence-corrected chi connectivity index (χ4v) is 1.36. The van der Waals surface area contributed by atoms with Gasteiger partial charge >= 0.3 is 0 Å². The zero-order chi connectivity index (χ0) is 10.3. The molecule has 0 saturated carbocycles. The van der Waals surface area contributed by atoms with Gasteiger partial charge in [0.2, 0.25) is 0 Å². The molecule has 14 heavy (non-hydrogen) atoms. The zero-order valence-corrected chi connectivity index (χ0v) is 7.13. The quantitative estimate of drug-likeness (QED) is 0.416. The summed E-state index contributed by atoms with van der Waals surface area (Å²) in [6.07, 6.45) is 0. The Bertz CT molecular complexity index is 556. The summed E-state index contributed by atoms with van der Waals surface area (Å²) in [7, 11) is 0. The SMILES string of the molecule is Nc1ccc(N)c2c(=O)[nH][nH]c(=O)c12. The van der Waals surface area contributed by atoms with Crippen LogP contribution in [0.1, 0.15) is 0 Å². The minimum absolute atomic E-state index is 0.133. The third-order valence-electron chi connectivity index (χ3n) is 2.01. The summed E-state index contributed by atoms with van der Waals surface area (Å²) >= 11 is 0. The van der Waals surface area contributed by atoms with Crippen LogP contribution in [0.15, 0.2) is 21.7 Å². The highest BCUT2D eigenvalue weighted by atomic mass is 16.1. The molecule has 0 aliphatic heterocycles. The Hall–Kier alpha value is -2.24. The predicted octanol–water partition coefficient (Wildman–Crippen LogP) is -0.619. The number of aromatic nitrogens is 2. The molecular formula is C8H8N4O2. The molecule has 0 amide bonds. The van der Waals surface area contributed by atoms with E-state index in [4.69, 9.17) is 11.5 Å². The van der Waals surface area contributed by atoms with Crippen LogP contribution in [0.25, 0.3) is 10.8 Å². The number of H-pyrrole nitrogens is 2. The molecule has 6 N–H and O–H groups in total. The van der Waals surface area contributed by atoms with Crippen molar-refractivity contribution in [2.75, 3.05) is 11.5 Å². The number of anilines is 2. The molecule has 0 fully saturated rings. The number of nitrogen functional groups attached to an aromatic ring is 2. The van der Waals surface area contributed by atoms with Crippen LogP contribution in [0, 0.1) is 0 Å². The van der Waals surface area contributed by atoms with Crippen molar-refractivity contribution in [3.63, 3.8) is 0 Å². The van der Waals surface area contributed by atoms with Crippen LogP contribution in [0.2, 0.25) is 0 Å². The van der Waals surface area contributed by atoms with Crippen LogP contribution in [0.5, 0.6) is 0 Å². The summed E-state index contributed by atoms with van der Waals surface area (Å²) in [6.45, 7) is 0. The number of hydrogen-bond donors (Lipinski definition) is 4. The molecule has 6 heteroatoms. The molecule has 1 aromatic carbocycles. The number of hydrogen-bond acceptors (Lipinski definition) is 4. The van der Waals surface area contributed by atoms with Gasteiger partial charge in [0.15, 0.2) is 0 Å². The monoisotopic (exact) mass is 192 g/mol. The fourth-order valence-electron chi connectivity index (χ4n) is 1.36. The highest BCUT2D eigenvalue weighted by Crippen LogP contribution is 2.19. The first-order chi connectivity index (χ1) is 6.61. The van der Waals surface area contributed by atoms with E-state index in [0.29, 0.717) is 0 Å². The average molecular weight is 192 g/mol. The summed E-state index contributed by atoms with van der Waals surface area (Å²) in [5.41, 5.74) is 10.7. The van der Waals surface area contributed by atoms with Crippen molar-refractivity contribution in [3.05, 3.63) is 32.8 Å². The molecule has 0 radical (unpaired) electrons. The topological polar surface area (TPSA) is 118 Å². The third kappa shape index (κ3) is 0.972. The van der Waals surface area contributed by atoms with Crippen molar-refractivity contribution in [2.24, 2.45) is 0 Å². The van der Waals surface area contributed by atoms with Crippen LogP contribution in [-0.4, -0.2) is 10.2 Å². The molecule has 1 heterocycles. The lowest BCUT2D eigenvalue weighted by Gasteiger charge is -2.02. The molecule has 72 valence electrons. The van der Waals surface area contributed by atoms with Gasteiger partial charge in [-0.15, -0.1) is 0 Å². The maximum absolute atomic E-state index is 11.3. The molecular weight excluding hydrogens is 184 g/mol. The van der Waals surface area contributed by atoms with Crippen LogP contribution >= 0.6 is 0 Å². The van der Waals surface area contributed by atoms with E-state index >= 15 is 0 Å². The maximum atomic E-state index is 11.3. The minimum atomic E-state index is -0.454. The second-order valence-electron chi connectivity index (χ2n) is 2.90. The molecule has 0 aliphatic rings. The normalized spacial score (nSPS) is 10.6. The Morgan fingerprint density at radius 1 is 0.857 bits per heavy atom. The van der Waals surface area contributed by atoms with Crippen molar-refractivity contribution >= 4 is 22.1 Å². The van der Waals surface area contributed by atoms with Gasteiger partial charge in [-0.2, -0.15) is 0 Å². The standard InChI is InChI=1S/C8H8N4O2/c9-3-1-2-4(10)6-5(3)7(13)11-12-8(6)14/h1-2H,9-10H2,(H,11,13)(H,12,14). The van der Waals surface area contributed by atoms with E-state index in [1.165, 1.54) is 12.1 Å². The van der Waals surface area contributed by atoms with Gasteiger partial charge in [-0.1, -0.05) is 0 Å². The number of benzene rings is 1. The highest BCUT2D eigenvalue weighted by molar-refractivity contribution is 5.98. The molecule has 1 aromatic heterocycles. The number of rotatable bonds is 0. The van der Waals surface area contributed by atoms with Crippen LogP contribution in [0.3, 0.4) is 0 Å². The summed E-state index contributed by atoms with van der Waals surface area (Å²) < 4.78 is 0. The van der Waals surface area contributed by atoms with Crippen molar-refractivity contribution in [1.29, 1.82) is 0 Å². The molecule has 0 bridgehead atoms. The molecule has 0 unspecified atom stereocenters. The molecule has 2 rings (SSSR count). The summed E-state index contributed by atoms with van der Waals surface area (Å²) in [5.74, 6) is 0. The molecule has 0 aliphatic carbocycles. The first kappa shape index (κ1) is 8.36. The van der Waals surface area contributed by atoms with Gasteiger partial charge in [0.1, 0.15) is 0 Å². The minimum Gasteiger partial charge on any atom is -0.398 e. The van der Waals surface area contributed by atoms with Gasteiger partial charge in [0.05, 0.1) is 10.8 Å². The van der Waals surface area contributed by atoms with Gasteiger partial charge in [0, 0.05) is 11.4 Å². The fraction of sp³-hybridized carbons (Fsp3) is 0. The molecule has 0 saturated heterocycles. The van der Waals surface area contributed by atoms with Gasteiger partial charge in [0.25, 0.3) is 11.1 Å². The molecule has 2 aromatic rings. The summed E-state index contributed by atoms with van der Waals surface area (Å²) in [5, 5.41) is 4.63. The Balaban J connectivity index is 3.22. The Labute approximate surface area is 77.5 Å². The van der Waals surface area contributed by atoms with Gasteiger partial charge in [-0.3, -0.25) is 19.8 Å². The number of aromatic amines is 2. The van der Waals surface area contributed by atoms with E-state index in [-0.39, 0.29) is 22.1 Å². The van der Waals surface area contributed by atoms with E-state index in [9.17, 15) is 9.59 Å².